The predicted octanol–water partition coefficient (Wildman–Crippen LogP) is 3.41. The number of alkyl halides is 1. The van der Waals surface area contributed by atoms with Gasteiger partial charge in [0.1, 0.15) is 41.6 Å². The zero-order chi connectivity index (χ0) is 35.3. The van der Waals surface area contributed by atoms with Crippen molar-refractivity contribution >= 4 is 59.2 Å². The number of nitrogens with zero attached hydrogens (tertiary/aromatic N) is 4. The van der Waals surface area contributed by atoms with E-state index < -0.39 is 48.5 Å². The fourth-order valence-corrected chi connectivity index (χ4v) is 7.17. The second-order valence-corrected chi connectivity index (χ2v) is 16.3. The number of fused-ring (bicyclic) bond motifs is 1. The molecule has 0 bridgehead atoms. The Morgan fingerprint density at radius 3 is 2.62 bits per heavy atom. The molecule has 1 saturated heterocycles. The highest BCUT2D eigenvalue weighted by atomic mass is 35.5. The summed E-state index contributed by atoms with van der Waals surface area (Å²) in [4.78, 5) is 36.2. The summed E-state index contributed by atoms with van der Waals surface area (Å²) in [5.41, 5.74) is 12.3. The van der Waals surface area contributed by atoms with Crippen molar-refractivity contribution in [1.82, 2.24) is 24.6 Å². The average molecular weight is 728 g/mol. The number of nitrogen functional groups attached to an aromatic ring is 1. The number of imidazole rings is 1. The van der Waals surface area contributed by atoms with Gasteiger partial charge in [-0.3, -0.25) is 23.2 Å². The van der Waals surface area contributed by atoms with E-state index >= 15 is 0 Å². The number of aliphatic hydroxyl groups excluding tert-OH is 1. The molecule has 0 aliphatic carbocycles. The lowest BCUT2D eigenvalue weighted by Crippen LogP contribution is -2.40. The molecule has 48 heavy (non-hydrogen) atoms. The molecule has 6 atom stereocenters. The van der Waals surface area contributed by atoms with Gasteiger partial charge in [-0.05, 0) is 32.3 Å². The Hall–Kier alpha value is -2.66. The lowest BCUT2D eigenvalue weighted by atomic mass is 9.97. The predicted molar refractivity (Wildman–Crippen MR) is 182 cm³/mol. The molecule has 1 aliphatic heterocycles. The number of aromatic nitrogens is 4. The van der Waals surface area contributed by atoms with Gasteiger partial charge in [0.2, 0.25) is 0 Å². The minimum atomic E-state index is -4.03. The van der Waals surface area contributed by atoms with E-state index in [9.17, 15) is 19.3 Å². The molecule has 18 heteroatoms. The normalized spacial score (nSPS) is 23.3. The van der Waals surface area contributed by atoms with Crippen molar-refractivity contribution in [2.24, 2.45) is 17.1 Å². The van der Waals surface area contributed by atoms with Crippen LogP contribution < -0.4 is 16.6 Å². The Bertz CT molecular complexity index is 1610. The number of halogens is 1. The smallest absolute Gasteiger partial charge is 0.405 e. The van der Waals surface area contributed by atoms with Gasteiger partial charge in [-0.25, -0.2) is 24.6 Å². The number of hydrogen-bond donors (Lipinski definition) is 4. The number of thioether (sulfide) groups is 1. The van der Waals surface area contributed by atoms with Crippen LogP contribution >= 0.6 is 31.1 Å². The molecule has 1 aromatic carbocycles. The van der Waals surface area contributed by atoms with Crippen LogP contribution in [0, 0.1) is 11.3 Å². The molecule has 1 aliphatic rings. The first-order chi connectivity index (χ1) is 22.6. The number of nitrogens with two attached hydrogens (primary N) is 2. The maximum Gasteiger partial charge on any atom is 0.405 e. The van der Waals surface area contributed by atoms with Gasteiger partial charge in [0.25, 0.3) is 0 Å². The molecule has 6 N–H and O–H groups in total. The van der Waals surface area contributed by atoms with Gasteiger partial charge in [-0.1, -0.05) is 55.9 Å². The minimum Gasteiger partial charge on any atom is -0.463 e. The third-order valence-corrected chi connectivity index (χ3v) is 10.9. The first-order valence-corrected chi connectivity index (χ1v) is 18.2. The van der Waals surface area contributed by atoms with Crippen LogP contribution in [0.4, 0.5) is 5.82 Å². The van der Waals surface area contributed by atoms with E-state index in [0.29, 0.717) is 11.2 Å². The first kappa shape index (κ1) is 38.1. The number of ether oxygens (including phenoxy) is 2. The van der Waals surface area contributed by atoms with Gasteiger partial charge in [-0.15, -0.1) is 11.6 Å². The van der Waals surface area contributed by atoms with Gasteiger partial charge >= 0.3 is 13.7 Å². The third-order valence-electron chi connectivity index (χ3n) is 7.78. The summed E-state index contributed by atoms with van der Waals surface area (Å²) in [6, 6.07) is 8.43. The summed E-state index contributed by atoms with van der Waals surface area (Å²) in [6.07, 6.45) is -0.496. The summed E-state index contributed by atoms with van der Waals surface area (Å²) in [6.45, 7) is 8.05. The average Bonchev–Trinajstić information content (AvgIpc) is 3.58. The summed E-state index contributed by atoms with van der Waals surface area (Å²) in [5.74, 6) is -0.372. The number of benzene rings is 1. The van der Waals surface area contributed by atoms with E-state index in [-0.39, 0.29) is 49.0 Å². The van der Waals surface area contributed by atoms with Crippen molar-refractivity contribution in [3.8, 4) is 0 Å². The molecule has 264 valence electrons. The van der Waals surface area contributed by atoms with Crippen LogP contribution in [-0.2, 0) is 39.2 Å². The number of carbonyl (C=O) groups is 2. The van der Waals surface area contributed by atoms with Crippen LogP contribution in [0.3, 0.4) is 0 Å². The maximum absolute atomic E-state index is 13.9. The van der Waals surface area contributed by atoms with E-state index in [1.807, 2.05) is 30.3 Å². The van der Waals surface area contributed by atoms with Gasteiger partial charge in [0.15, 0.2) is 22.8 Å². The Kier molecular flexibility index (Phi) is 12.6. The minimum absolute atomic E-state index is 0.104. The maximum atomic E-state index is 13.9. The highest BCUT2D eigenvalue weighted by molar-refractivity contribution is 8.13. The molecule has 1 fully saturated rings. The molecule has 0 radical (unpaired) electrons. The molecule has 2 unspecified atom stereocenters. The molecule has 15 nitrogen and oxygen atoms in total. The molecule has 0 saturated carbocycles. The van der Waals surface area contributed by atoms with Gasteiger partial charge in [0.05, 0.1) is 25.0 Å². The Morgan fingerprint density at radius 2 is 1.94 bits per heavy atom. The summed E-state index contributed by atoms with van der Waals surface area (Å²) in [5, 5.41) is 13.7. The molecular weight excluding hydrogens is 685 g/mol. The van der Waals surface area contributed by atoms with E-state index in [1.165, 1.54) is 12.7 Å². The highest BCUT2D eigenvalue weighted by Gasteiger charge is 2.54. The van der Waals surface area contributed by atoms with Crippen molar-refractivity contribution in [1.29, 1.82) is 0 Å². The lowest BCUT2D eigenvalue weighted by Gasteiger charge is -2.26. The van der Waals surface area contributed by atoms with Crippen molar-refractivity contribution < 1.29 is 37.8 Å². The van der Waals surface area contributed by atoms with Crippen molar-refractivity contribution in [2.75, 3.05) is 31.3 Å². The zero-order valence-corrected chi connectivity index (χ0v) is 29.9. The van der Waals surface area contributed by atoms with Crippen LogP contribution in [0.2, 0.25) is 0 Å². The second-order valence-electron chi connectivity index (χ2n) is 12.6. The molecule has 2 aromatic heterocycles. The quantitative estimate of drug-likeness (QED) is 0.0720. The first-order valence-electron chi connectivity index (χ1n) is 15.3. The van der Waals surface area contributed by atoms with Crippen LogP contribution in [0.25, 0.3) is 11.2 Å². The number of carbonyl (C=O) groups excluding carboxylic acids is 2. The van der Waals surface area contributed by atoms with Gasteiger partial charge in [0, 0.05) is 12.3 Å². The fraction of sp³-hybridized carbons (Fsp3) is 0.567. The van der Waals surface area contributed by atoms with Crippen molar-refractivity contribution in [2.45, 2.75) is 70.5 Å². The van der Waals surface area contributed by atoms with Gasteiger partial charge in [-0.2, -0.15) is 0 Å². The van der Waals surface area contributed by atoms with Crippen LogP contribution in [0.1, 0.15) is 46.4 Å². The Morgan fingerprint density at radius 1 is 1.23 bits per heavy atom. The molecule has 4 rings (SSSR count). The lowest BCUT2D eigenvalue weighted by molar-refractivity contribution is -0.150. The number of anilines is 1. The number of nitrogens with one attached hydrogen (secondary N) is 1. The van der Waals surface area contributed by atoms with E-state index in [4.69, 9.17) is 41.6 Å². The van der Waals surface area contributed by atoms with Crippen LogP contribution in [0.15, 0.2) is 43.0 Å². The van der Waals surface area contributed by atoms with Crippen LogP contribution in [0.5, 0.6) is 0 Å². The SMILES string of the molecule is CC(C)C(N)C(=O)OCC(C)(C)C(=O)SCCOP(=O)(NCc1ccccc1)OC[C@H]1O[C@@H](n2cnc3c(N)ncnc32)[C@](C)(Cl)[C@@H]1O. The number of esters is 1. The summed E-state index contributed by atoms with van der Waals surface area (Å²) >= 11 is 7.75. The monoisotopic (exact) mass is 727 g/mol. The Labute approximate surface area is 288 Å². The summed E-state index contributed by atoms with van der Waals surface area (Å²) in [7, 11) is -4.03. The van der Waals surface area contributed by atoms with Crippen LogP contribution in [-0.4, -0.2) is 84.4 Å². The number of aliphatic hydroxyl groups is 1. The second kappa shape index (κ2) is 15.9. The summed E-state index contributed by atoms with van der Waals surface area (Å²) < 4.78 is 38.4. The Balaban J connectivity index is 1.38. The van der Waals surface area contributed by atoms with Gasteiger partial charge < -0.3 is 26.0 Å². The molecule has 0 spiro atoms. The van der Waals surface area contributed by atoms with E-state index in [1.54, 1.807) is 39.2 Å². The topological polar surface area (TPSA) is 216 Å². The molecule has 3 aromatic rings. The highest BCUT2D eigenvalue weighted by Crippen LogP contribution is 2.48. The fourth-order valence-electron chi connectivity index (χ4n) is 4.64. The zero-order valence-electron chi connectivity index (χ0n) is 27.4. The third kappa shape index (κ3) is 9.11. The van der Waals surface area contributed by atoms with E-state index in [0.717, 1.165) is 17.3 Å². The number of rotatable bonds is 16. The molecule has 3 heterocycles. The van der Waals surface area contributed by atoms with Crippen molar-refractivity contribution in [3.63, 3.8) is 0 Å². The molecular formula is C30H43ClN7O8PS. The largest absolute Gasteiger partial charge is 0.463 e. The standard InChI is InChI=1S/C30H43ClN7O8PS/c1-18(2)21(32)26(40)43-15-29(3,4)28(41)48-12-11-44-47(42,37-13-19-9-7-6-8-10-19)45-14-20-23(39)30(5,31)27(46-20)38-17-36-22-24(33)34-16-35-25(22)38/h6-10,16-18,20-21,23,27,39H,11-15,32H2,1-5H3,(H,37,42)(H2,33,34,35)/t20-,21?,23-,27-,30-,47?/m1/s1. The van der Waals surface area contributed by atoms with Crippen molar-refractivity contribution in [3.05, 3.63) is 48.5 Å². The number of hydrogen-bond acceptors (Lipinski definition) is 14. The van der Waals surface area contributed by atoms with E-state index in [2.05, 4.69) is 20.0 Å². The molecule has 0 amide bonds.